The first kappa shape index (κ1) is 14.9. The van der Waals surface area contributed by atoms with Gasteiger partial charge in [0.1, 0.15) is 0 Å². The van der Waals surface area contributed by atoms with Crippen LogP contribution in [0.2, 0.25) is 0 Å². The van der Waals surface area contributed by atoms with Gasteiger partial charge in [-0.2, -0.15) is 0 Å². The Bertz CT molecular complexity index is 463. The minimum atomic E-state index is -0.0178. The summed E-state index contributed by atoms with van der Waals surface area (Å²) in [5, 5.41) is 3.05. The Morgan fingerprint density at radius 1 is 1.47 bits per heavy atom. The summed E-state index contributed by atoms with van der Waals surface area (Å²) < 4.78 is 0.940. The molecule has 1 aromatic carbocycles. The molecule has 104 valence electrons. The number of nitrogens with one attached hydrogen (secondary N) is 1. The van der Waals surface area contributed by atoms with Crippen LogP contribution in [0.1, 0.15) is 43.0 Å². The van der Waals surface area contributed by atoms with Gasteiger partial charge in [0.2, 0.25) is 0 Å². The first-order valence-electron chi connectivity index (χ1n) is 6.83. The molecule has 1 fully saturated rings. The van der Waals surface area contributed by atoms with Crippen LogP contribution in [-0.2, 0) is 0 Å². The third-order valence-electron chi connectivity index (χ3n) is 3.80. The fraction of sp³-hybridized carbons (Fsp3) is 0.533. The molecule has 0 saturated heterocycles. The molecule has 0 radical (unpaired) electrons. The number of carbonyl (C=O) groups is 1. The topological polar surface area (TPSA) is 29.1 Å². The zero-order valence-corrected chi connectivity index (χ0v) is 13.6. The molecule has 2 unspecified atom stereocenters. The first-order chi connectivity index (χ1) is 9.06. The molecule has 1 aliphatic rings. The standard InChI is InChI=1S/C15H20BrNOS/c1-10-3-2-4-11(7-10)9-17-15(18)13-6-5-12(16)8-14(13)19/h5-6,8,10-11,19H,2-4,7,9H2,1H3,(H,17,18). The quantitative estimate of drug-likeness (QED) is 0.788. The fourth-order valence-corrected chi connectivity index (χ4v) is 3.63. The Hall–Kier alpha value is -0.480. The number of carbonyl (C=O) groups excluding carboxylic acids is 1. The number of benzene rings is 1. The molecular weight excluding hydrogens is 322 g/mol. The van der Waals surface area contributed by atoms with Gasteiger partial charge in [0.25, 0.3) is 5.91 Å². The number of rotatable bonds is 3. The van der Waals surface area contributed by atoms with Crippen LogP contribution >= 0.6 is 28.6 Å². The van der Waals surface area contributed by atoms with Gasteiger partial charge < -0.3 is 5.32 Å². The SMILES string of the molecule is CC1CCCC(CNC(=O)c2ccc(Br)cc2S)C1. The van der Waals surface area contributed by atoms with Gasteiger partial charge in [-0.1, -0.05) is 35.7 Å². The molecule has 2 rings (SSSR count). The monoisotopic (exact) mass is 341 g/mol. The Labute approximate surface area is 128 Å². The van der Waals surface area contributed by atoms with E-state index in [1.807, 2.05) is 18.2 Å². The maximum Gasteiger partial charge on any atom is 0.252 e. The van der Waals surface area contributed by atoms with Gasteiger partial charge in [0.05, 0.1) is 5.56 Å². The summed E-state index contributed by atoms with van der Waals surface area (Å²) in [4.78, 5) is 12.8. The molecule has 2 nitrogen and oxygen atoms in total. The summed E-state index contributed by atoms with van der Waals surface area (Å²) in [5.74, 6) is 1.41. The molecule has 1 aliphatic carbocycles. The molecule has 0 aromatic heterocycles. The normalized spacial score (nSPS) is 23.1. The highest BCUT2D eigenvalue weighted by Crippen LogP contribution is 2.28. The van der Waals surface area contributed by atoms with Crippen molar-refractivity contribution in [3.63, 3.8) is 0 Å². The van der Waals surface area contributed by atoms with Crippen molar-refractivity contribution < 1.29 is 4.79 Å². The summed E-state index contributed by atoms with van der Waals surface area (Å²) in [5.41, 5.74) is 0.649. The van der Waals surface area contributed by atoms with Crippen LogP contribution < -0.4 is 5.32 Å². The van der Waals surface area contributed by atoms with Gasteiger partial charge >= 0.3 is 0 Å². The first-order valence-corrected chi connectivity index (χ1v) is 8.07. The zero-order valence-electron chi connectivity index (χ0n) is 11.2. The summed E-state index contributed by atoms with van der Waals surface area (Å²) in [6, 6.07) is 5.53. The largest absolute Gasteiger partial charge is 0.352 e. The van der Waals surface area contributed by atoms with Crippen molar-refractivity contribution in [2.45, 2.75) is 37.5 Å². The molecule has 0 heterocycles. The van der Waals surface area contributed by atoms with Crippen LogP contribution in [0.15, 0.2) is 27.6 Å². The molecule has 4 heteroatoms. The van der Waals surface area contributed by atoms with Crippen molar-refractivity contribution in [1.29, 1.82) is 0 Å². The Kier molecular flexibility index (Phi) is 5.34. The number of thiol groups is 1. The fourth-order valence-electron chi connectivity index (χ4n) is 2.77. The summed E-state index contributed by atoms with van der Waals surface area (Å²) in [6.45, 7) is 3.08. The molecule has 0 spiro atoms. The Balaban J connectivity index is 1.90. The van der Waals surface area contributed by atoms with Crippen molar-refractivity contribution in [1.82, 2.24) is 5.32 Å². The van der Waals surface area contributed by atoms with Crippen LogP contribution in [-0.4, -0.2) is 12.5 Å². The van der Waals surface area contributed by atoms with Gasteiger partial charge in [-0.3, -0.25) is 4.79 Å². The van der Waals surface area contributed by atoms with Gasteiger partial charge in [-0.05, 0) is 42.9 Å². The number of halogens is 1. The number of hydrogen-bond donors (Lipinski definition) is 2. The van der Waals surface area contributed by atoms with E-state index in [1.54, 1.807) is 0 Å². The van der Waals surface area contributed by atoms with E-state index in [0.29, 0.717) is 16.4 Å². The highest BCUT2D eigenvalue weighted by molar-refractivity contribution is 9.10. The predicted molar refractivity (Wildman–Crippen MR) is 84.8 cm³/mol. The second kappa shape index (κ2) is 6.80. The highest BCUT2D eigenvalue weighted by atomic mass is 79.9. The van der Waals surface area contributed by atoms with E-state index in [9.17, 15) is 4.79 Å². The highest BCUT2D eigenvalue weighted by Gasteiger charge is 2.19. The van der Waals surface area contributed by atoms with Crippen molar-refractivity contribution >= 4 is 34.5 Å². The average Bonchev–Trinajstić information content (AvgIpc) is 2.36. The second-order valence-corrected chi connectivity index (χ2v) is 6.91. The molecule has 0 bridgehead atoms. The molecule has 0 aliphatic heterocycles. The molecule has 1 N–H and O–H groups in total. The van der Waals surface area contributed by atoms with Gasteiger partial charge in [0, 0.05) is 15.9 Å². The summed E-state index contributed by atoms with van der Waals surface area (Å²) >= 11 is 7.72. The number of amides is 1. The van der Waals surface area contributed by atoms with E-state index >= 15 is 0 Å². The van der Waals surface area contributed by atoms with Gasteiger partial charge in [-0.25, -0.2) is 0 Å². The van der Waals surface area contributed by atoms with Crippen LogP contribution in [0.25, 0.3) is 0 Å². The van der Waals surface area contributed by atoms with Crippen LogP contribution in [0.4, 0.5) is 0 Å². The smallest absolute Gasteiger partial charge is 0.252 e. The lowest BCUT2D eigenvalue weighted by atomic mass is 9.82. The van der Waals surface area contributed by atoms with Crippen molar-refractivity contribution in [3.8, 4) is 0 Å². The van der Waals surface area contributed by atoms with Gasteiger partial charge in [0.15, 0.2) is 0 Å². The van der Waals surface area contributed by atoms with E-state index in [2.05, 4.69) is 40.8 Å². The molecule has 2 atom stereocenters. The molecule has 1 aromatic rings. The average molecular weight is 342 g/mol. The van der Waals surface area contributed by atoms with Crippen molar-refractivity contribution in [3.05, 3.63) is 28.2 Å². The molecule has 1 saturated carbocycles. The third kappa shape index (κ3) is 4.25. The molecule has 1 amide bonds. The molecular formula is C15H20BrNOS. The lowest BCUT2D eigenvalue weighted by molar-refractivity contribution is 0.0938. The van der Waals surface area contributed by atoms with Gasteiger partial charge in [-0.15, -0.1) is 12.6 Å². The van der Waals surface area contributed by atoms with Crippen LogP contribution in [0.3, 0.4) is 0 Å². The second-order valence-electron chi connectivity index (χ2n) is 5.51. The predicted octanol–water partition coefficient (Wildman–Crippen LogP) is 4.29. The minimum Gasteiger partial charge on any atom is -0.352 e. The van der Waals surface area contributed by atoms with E-state index in [4.69, 9.17) is 0 Å². The Morgan fingerprint density at radius 2 is 2.26 bits per heavy atom. The summed E-state index contributed by atoms with van der Waals surface area (Å²) in [7, 11) is 0. The van der Waals surface area contributed by atoms with E-state index < -0.39 is 0 Å². The van der Waals surface area contributed by atoms with Crippen LogP contribution in [0.5, 0.6) is 0 Å². The maximum absolute atomic E-state index is 12.1. The zero-order chi connectivity index (χ0) is 13.8. The third-order valence-corrected chi connectivity index (χ3v) is 4.66. The van der Waals surface area contributed by atoms with Crippen molar-refractivity contribution in [2.75, 3.05) is 6.54 Å². The van der Waals surface area contributed by atoms with E-state index in [0.717, 1.165) is 16.9 Å². The maximum atomic E-state index is 12.1. The lowest BCUT2D eigenvalue weighted by Gasteiger charge is -2.26. The minimum absolute atomic E-state index is 0.0178. The number of hydrogen-bond acceptors (Lipinski definition) is 2. The van der Waals surface area contributed by atoms with E-state index in [1.165, 1.54) is 25.7 Å². The van der Waals surface area contributed by atoms with Crippen LogP contribution in [0, 0.1) is 11.8 Å². The van der Waals surface area contributed by atoms with E-state index in [-0.39, 0.29) is 5.91 Å². The Morgan fingerprint density at radius 3 is 2.95 bits per heavy atom. The summed E-state index contributed by atoms with van der Waals surface area (Å²) in [6.07, 6.45) is 5.09. The van der Waals surface area contributed by atoms with Crippen molar-refractivity contribution in [2.24, 2.45) is 11.8 Å². The lowest BCUT2D eigenvalue weighted by Crippen LogP contribution is -2.31. The molecule has 19 heavy (non-hydrogen) atoms.